The fourth-order valence-corrected chi connectivity index (χ4v) is 3.52. The van der Waals surface area contributed by atoms with Crippen LogP contribution in [0, 0.1) is 0 Å². The Morgan fingerprint density at radius 1 is 1.16 bits per heavy atom. The van der Waals surface area contributed by atoms with Gasteiger partial charge in [-0.25, -0.2) is 4.79 Å². The van der Waals surface area contributed by atoms with E-state index in [0.29, 0.717) is 31.5 Å². The molecule has 7 nitrogen and oxygen atoms in total. The number of carbonyl (C=O) groups is 3. The number of hydrogen-bond acceptors (Lipinski definition) is 3. The number of urea groups is 1. The molecule has 1 aromatic rings. The van der Waals surface area contributed by atoms with E-state index >= 15 is 0 Å². The Bertz CT molecular complexity index is 666. The number of likely N-dealkylation sites (tertiary alicyclic amines) is 1. The van der Waals surface area contributed by atoms with Crippen LogP contribution in [0.1, 0.15) is 37.0 Å². The van der Waals surface area contributed by atoms with Gasteiger partial charge in [0.1, 0.15) is 5.54 Å². The topological polar surface area (TPSA) is 81.8 Å². The first kappa shape index (κ1) is 17.3. The van der Waals surface area contributed by atoms with E-state index in [2.05, 4.69) is 10.6 Å². The number of benzene rings is 1. The van der Waals surface area contributed by atoms with Gasteiger partial charge < -0.3 is 15.5 Å². The normalized spacial score (nSPS) is 19.2. The van der Waals surface area contributed by atoms with Gasteiger partial charge in [-0.2, -0.15) is 0 Å². The standard InChI is InChI=1S/C18H24N4O3/c1-13(2)20-17(25)22-12-19-16(24)18(22)8-10-21(11-9-18)15(23)14-6-4-3-5-7-14/h3-7,13H,8-12H2,1-2H3,(H,19,24)(H,20,25). The maximum Gasteiger partial charge on any atom is 0.319 e. The van der Waals surface area contributed by atoms with E-state index in [-0.39, 0.29) is 30.6 Å². The zero-order chi connectivity index (χ0) is 18.0. The number of carbonyl (C=O) groups excluding carboxylic acids is 3. The van der Waals surface area contributed by atoms with Crippen molar-refractivity contribution in [2.45, 2.75) is 38.3 Å². The van der Waals surface area contributed by atoms with Crippen LogP contribution < -0.4 is 10.6 Å². The number of nitrogens with zero attached hydrogens (tertiary/aromatic N) is 2. The van der Waals surface area contributed by atoms with Crippen molar-refractivity contribution in [1.82, 2.24) is 20.4 Å². The summed E-state index contributed by atoms with van der Waals surface area (Å²) < 4.78 is 0. The molecule has 0 saturated carbocycles. The lowest BCUT2D eigenvalue weighted by Gasteiger charge is -2.42. The van der Waals surface area contributed by atoms with Gasteiger partial charge >= 0.3 is 6.03 Å². The average Bonchev–Trinajstić information content (AvgIpc) is 2.91. The minimum absolute atomic E-state index is 0.000000485. The van der Waals surface area contributed by atoms with Crippen molar-refractivity contribution in [3.63, 3.8) is 0 Å². The second kappa shape index (κ2) is 6.74. The number of amides is 4. The van der Waals surface area contributed by atoms with Crippen LogP contribution in [-0.4, -0.2) is 59.0 Å². The number of piperidine rings is 1. The van der Waals surface area contributed by atoms with E-state index < -0.39 is 5.54 Å². The second-order valence-corrected chi connectivity index (χ2v) is 6.89. The van der Waals surface area contributed by atoms with E-state index in [0.717, 1.165) is 0 Å². The smallest absolute Gasteiger partial charge is 0.319 e. The molecule has 7 heteroatoms. The minimum atomic E-state index is -0.855. The molecule has 2 N–H and O–H groups in total. The highest BCUT2D eigenvalue weighted by Crippen LogP contribution is 2.33. The summed E-state index contributed by atoms with van der Waals surface area (Å²) in [5.41, 5.74) is -0.212. The Labute approximate surface area is 147 Å². The molecule has 0 bridgehead atoms. The summed E-state index contributed by atoms with van der Waals surface area (Å²) in [5, 5.41) is 5.63. The summed E-state index contributed by atoms with van der Waals surface area (Å²) in [6.45, 7) is 4.89. The van der Waals surface area contributed by atoms with Gasteiger partial charge in [0.15, 0.2) is 0 Å². The van der Waals surface area contributed by atoms with Gasteiger partial charge in [-0.05, 0) is 38.8 Å². The van der Waals surface area contributed by atoms with Gasteiger partial charge in [-0.3, -0.25) is 14.5 Å². The molecule has 2 aliphatic heterocycles. The van der Waals surface area contributed by atoms with Crippen molar-refractivity contribution in [3.8, 4) is 0 Å². The highest BCUT2D eigenvalue weighted by atomic mass is 16.2. The monoisotopic (exact) mass is 344 g/mol. The third-order valence-electron chi connectivity index (χ3n) is 4.89. The maximum absolute atomic E-state index is 12.6. The fourth-order valence-electron chi connectivity index (χ4n) is 3.52. The zero-order valence-corrected chi connectivity index (χ0v) is 14.6. The molecule has 25 heavy (non-hydrogen) atoms. The van der Waals surface area contributed by atoms with Crippen LogP contribution in [0.4, 0.5) is 4.79 Å². The van der Waals surface area contributed by atoms with E-state index in [9.17, 15) is 14.4 Å². The van der Waals surface area contributed by atoms with Crippen LogP contribution in [0.25, 0.3) is 0 Å². The first-order chi connectivity index (χ1) is 11.9. The number of rotatable bonds is 2. The molecule has 0 radical (unpaired) electrons. The Morgan fingerprint density at radius 3 is 2.40 bits per heavy atom. The molecule has 0 unspecified atom stereocenters. The molecule has 4 amide bonds. The van der Waals surface area contributed by atoms with Gasteiger partial charge in [0, 0.05) is 24.7 Å². The van der Waals surface area contributed by atoms with Crippen LogP contribution in [0.3, 0.4) is 0 Å². The van der Waals surface area contributed by atoms with Crippen molar-refractivity contribution in [1.29, 1.82) is 0 Å². The predicted molar refractivity (Wildman–Crippen MR) is 92.8 cm³/mol. The van der Waals surface area contributed by atoms with E-state index in [1.54, 1.807) is 21.9 Å². The molecule has 2 heterocycles. The molecule has 0 aliphatic carbocycles. The van der Waals surface area contributed by atoms with Crippen LogP contribution in [-0.2, 0) is 4.79 Å². The molecule has 3 rings (SSSR count). The van der Waals surface area contributed by atoms with Crippen molar-refractivity contribution in [3.05, 3.63) is 35.9 Å². The Balaban J connectivity index is 1.71. The third-order valence-corrected chi connectivity index (χ3v) is 4.89. The summed E-state index contributed by atoms with van der Waals surface area (Å²) in [6, 6.07) is 8.88. The van der Waals surface area contributed by atoms with Crippen LogP contribution in [0.15, 0.2) is 30.3 Å². The third kappa shape index (κ3) is 3.18. The quantitative estimate of drug-likeness (QED) is 0.845. The molecule has 2 fully saturated rings. The Kier molecular flexibility index (Phi) is 4.65. The van der Waals surface area contributed by atoms with E-state index in [4.69, 9.17) is 0 Å². The summed E-state index contributed by atoms with van der Waals surface area (Å²) in [7, 11) is 0. The second-order valence-electron chi connectivity index (χ2n) is 6.89. The van der Waals surface area contributed by atoms with E-state index in [1.807, 2.05) is 32.0 Å². The highest BCUT2D eigenvalue weighted by Gasteiger charge is 2.52. The van der Waals surface area contributed by atoms with Crippen LogP contribution in [0.2, 0.25) is 0 Å². The molecule has 1 spiro atoms. The van der Waals surface area contributed by atoms with Crippen LogP contribution in [0.5, 0.6) is 0 Å². The SMILES string of the molecule is CC(C)NC(=O)N1CNC(=O)C12CCN(C(=O)c1ccccc1)CC2. The first-order valence-corrected chi connectivity index (χ1v) is 8.65. The molecular formula is C18H24N4O3. The van der Waals surface area contributed by atoms with Gasteiger partial charge in [-0.1, -0.05) is 18.2 Å². The number of hydrogen-bond donors (Lipinski definition) is 2. The highest BCUT2D eigenvalue weighted by molar-refractivity contribution is 5.96. The van der Waals surface area contributed by atoms with Gasteiger partial charge in [-0.15, -0.1) is 0 Å². The van der Waals surface area contributed by atoms with E-state index in [1.165, 1.54) is 0 Å². The lowest BCUT2D eigenvalue weighted by molar-refractivity contribution is -0.127. The molecule has 1 aromatic carbocycles. The molecule has 0 atom stereocenters. The van der Waals surface area contributed by atoms with Gasteiger partial charge in [0.2, 0.25) is 5.91 Å². The lowest BCUT2D eigenvalue weighted by Crippen LogP contribution is -2.60. The van der Waals surface area contributed by atoms with Gasteiger partial charge in [0.25, 0.3) is 5.91 Å². The largest absolute Gasteiger partial charge is 0.338 e. The summed E-state index contributed by atoms with van der Waals surface area (Å²) in [6.07, 6.45) is 0.895. The molecule has 2 aliphatic rings. The minimum Gasteiger partial charge on any atom is -0.338 e. The molecular weight excluding hydrogens is 320 g/mol. The van der Waals surface area contributed by atoms with Crippen molar-refractivity contribution >= 4 is 17.8 Å². The van der Waals surface area contributed by atoms with Crippen molar-refractivity contribution in [2.75, 3.05) is 19.8 Å². The van der Waals surface area contributed by atoms with Crippen LogP contribution >= 0.6 is 0 Å². The summed E-state index contributed by atoms with van der Waals surface area (Å²) >= 11 is 0. The molecule has 0 aromatic heterocycles. The Morgan fingerprint density at radius 2 is 1.80 bits per heavy atom. The predicted octanol–water partition coefficient (Wildman–Crippen LogP) is 1.17. The summed E-state index contributed by atoms with van der Waals surface area (Å²) in [5.74, 6) is -0.162. The summed E-state index contributed by atoms with van der Waals surface area (Å²) in [4.78, 5) is 40.8. The zero-order valence-electron chi connectivity index (χ0n) is 14.6. The lowest BCUT2D eigenvalue weighted by atomic mass is 9.86. The maximum atomic E-state index is 12.6. The first-order valence-electron chi connectivity index (χ1n) is 8.65. The fraction of sp³-hybridized carbons (Fsp3) is 0.500. The van der Waals surface area contributed by atoms with Gasteiger partial charge in [0.05, 0.1) is 6.67 Å². The van der Waals surface area contributed by atoms with Crippen molar-refractivity contribution < 1.29 is 14.4 Å². The molecule has 134 valence electrons. The van der Waals surface area contributed by atoms with Crippen molar-refractivity contribution in [2.24, 2.45) is 0 Å². The molecule has 2 saturated heterocycles. The number of nitrogens with one attached hydrogen (secondary N) is 2. The average molecular weight is 344 g/mol. The Hall–Kier alpha value is -2.57.